The molecule has 0 unspecified atom stereocenters. The average molecular weight is 422 g/mol. The van der Waals surface area contributed by atoms with Crippen LogP contribution in [-0.2, 0) is 10.5 Å². The minimum Gasteiger partial charge on any atom is -0.453 e. The Kier molecular flexibility index (Phi) is 4.02. The lowest BCUT2D eigenvalue weighted by atomic mass is 9.92. The van der Waals surface area contributed by atoms with Crippen molar-refractivity contribution in [2.75, 3.05) is 11.4 Å². The van der Waals surface area contributed by atoms with Crippen LogP contribution in [0.5, 0.6) is 5.75 Å². The summed E-state index contributed by atoms with van der Waals surface area (Å²) < 4.78 is 6.61. The van der Waals surface area contributed by atoms with Gasteiger partial charge in [-0.2, -0.15) is 5.10 Å². The standard InChI is InChI=1S/C27H23N3O2/c1-3-16-29-23-10-6-5-9-21(23)27(26(29)31)30-24(20-8-4-7-11-25(20)32-27)17-22(28-30)19-14-12-18(2)13-15-19/h3-15,24H,1,16-17H2,2H3/t24-,27+/m0/s1. The maximum absolute atomic E-state index is 14.0. The second kappa shape index (κ2) is 6.82. The number of ether oxygens (including phenoxy) is 1. The number of benzene rings is 3. The highest BCUT2D eigenvalue weighted by atomic mass is 16.5. The summed E-state index contributed by atoms with van der Waals surface area (Å²) in [5, 5.41) is 6.94. The summed E-state index contributed by atoms with van der Waals surface area (Å²) in [6.45, 7) is 6.34. The highest BCUT2D eigenvalue weighted by Crippen LogP contribution is 2.55. The molecule has 32 heavy (non-hydrogen) atoms. The van der Waals surface area contributed by atoms with Gasteiger partial charge in [0, 0.05) is 18.5 Å². The molecule has 5 nitrogen and oxygen atoms in total. The second-order valence-electron chi connectivity index (χ2n) is 8.48. The molecule has 3 aromatic rings. The summed E-state index contributed by atoms with van der Waals surface area (Å²) in [5.74, 6) is 0.602. The number of hydrazone groups is 1. The monoisotopic (exact) mass is 421 g/mol. The molecule has 0 saturated heterocycles. The van der Waals surface area contributed by atoms with Gasteiger partial charge in [0.05, 0.1) is 23.0 Å². The van der Waals surface area contributed by atoms with E-state index in [1.54, 1.807) is 11.0 Å². The quantitative estimate of drug-likeness (QED) is 0.564. The van der Waals surface area contributed by atoms with Crippen molar-refractivity contribution in [3.8, 4) is 5.75 Å². The van der Waals surface area contributed by atoms with E-state index in [0.29, 0.717) is 13.0 Å². The van der Waals surface area contributed by atoms with Crippen molar-refractivity contribution in [2.24, 2.45) is 5.10 Å². The van der Waals surface area contributed by atoms with Gasteiger partial charge >= 0.3 is 5.72 Å². The highest BCUT2D eigenvalue weighted by molar-refractivity contribution is 6.08. The first-order valence-corrected chi connectivity index (χ1v) is 10.9. The topological polar surface area (TPSA) is 45.1 Å². The molecule has 5 heteroatoms. The summed E-state index contributed by atoms with van der Waals surface area (Å²) >= 11 is 0. The maximum Gasteiger partial charge on any atom is 0.306 e. The number of hydrogen-bond donors (Lipinski definition) is 0. The predicted octanol–water partition coefficient (Wildman–Crippen LogP) is 4.92. The Morgan fingerprint density at radius 3 is 2.66 bits per heavy atom. The molecular formula is C27H23N3O2. The third-order valence-electron chi connectivity index (χ3n) is 6.56. The van der Waals surface area contributed by atoms with Gasteiger partial charge in [0.15, 0.2) is 0 Å². The Labute approximate surface area is 187 Å². The largest absolute Gasteiger partial charge is 0.453 e. The molecule has 0 aliphatic carbocycles. The van der Waals surface area contributed by atoms with Crippen LogP contribution in [0.25, 0.3) is 0 Å². The van der Waals surface area contributed by atoms with Crippen molar-refractivity contribution in [3.05, 3.63) is 108 Å². The molecule has 158 valence electrons. The van der Waals surface area contributed by atoms with E-state index >= 15 is 0 Å². The lowest BCUT2D eigenvalue weighted by Gasteiger charge is -2.44. The number of para-hydroxylation sites is 2. The Bertz CT molecular complexity index is 1280. The number of rotatable bonds is 3. The first-order chi connectivity index (χ1) is 15.6. The molecule has 6 rings (SSSR count). The molecule has 0 fully saturated rings. The van der Waals surface area contributed by atoms with Crippen molar-refractivity contribution in [1.82, 2.24) is 5.01 Å². The Hall–Kier alpha value is -3.86. The number of aryl methyl sites for hydroxylation is 1. The van der Waals surface area contributed by atoms with Crippen LogP contribution < -0.4 is 9.64 Å². The lowest BCUT2D eigenvalue weighted by Crippen LogP contribution is -2.57. The zero-order chi connectivity index (χ0) is 21.9. The van der Waals surface area contributed by atoms with E-state index in [-0.39, 0.29) is 11.9 Å². The summed E-state index contributed by atoms with van der Waals surface area (Å²) in [4.78, 5) is 15.8. The van der Waals surface area contributed by atoms with Crippen molar-refractivity contribution in [3.63, 3.8) is 0 Å². The minimum absolute atomic E-state index is 0.0862. The van der Waals surface area contributed by atoms with Gasteiger partial charge in [0.1, 0.15) is 5.75 Å². The zero-order valence-corrected chi connectivity index (χ0v) is 17.9. The van der Waals surface area contributed by atoms with Crippen molar-refractivity contribution >= 4 is 17.3 Å². The fraction of sp³-hybridized carbons (Fsp3) is 0.185. The molecule has 1 amide bonds. The van der Waals surface area contributed by atoms with Gasteiger partial charge in [-0.3, -0.25) is 4.79 Å². The number of hydrogen-bond acceptors (Lipinski definition) is 4. The summed E-state index contributed by atoms with van der Waals surface area (Å²) in [5.41, 5.74) is 4.62. The van der Waals surface area contributed by atoms with Crippen LogP contribution in [0.4, 0.5) is 5.69 Å². The van der Waals surface area contributed by atoms with Crippen molar-refractivity contribution < 1.29 is 9.53 Å². The normalized spacial score (nSPS) is 22.8. The fourth-order valence-electron chi connectivity index (χ4n) is 5.05. The van der Waals surface area contributed by atoms with E-state index in [2.05, 4.69) is 43.8 Å². The molecule has 3 aliphatic rings. The van der Waals surface area contributed by atoms with Crippen LogP contribution in [0.3, 0.4) is 0 Å². The Morgan fingerprint density at radius 2 is 1.84 bits per heavy atom. The predicted molar refractivity (Wildman–Crippen MR) is 125 cm³/mol. The number of nitrogens with zero attached hydrogens (tertiary/aromatic N) is 3. The van der Waals surface area contributed by atoms with Gasteiger partial charge in [-0.25, -0.2) is 5.01 Å². The van der Waals surface area contributed by atoms with Crippen LogP contribution >= 0.6 is 0 Å². The summed E-state index contributed by atoms with van der Waals surface area (Å²) in [6.07, 6.45) is 2.45. The molecule has 0 aromatic heterocycles. The van der Waals surface area contributed by atoms with E-state index in [9.17, 15) is 4.79 Å². The first-order valence-electron chi connectivity index (χ1n) is 10.9. The number of amides is 1. The molecule has 1 spiro atoms. The van der Waals surface area contributed by atoms with Crippen LogP contribution in [0.2, 0.25) is 0 Å². The van der Waals surface area contributed by atoms with Gasteiger partial charge < -0.3 is 9.64 Å². The molecular weight excluding hydrogens is 398 g/mol. The number of carbonyl (C=O) groups is 1. The second-order valence-corrected chi connectivity index (χ2v) is 8.48. The SMILES string of the molecule is C=CCN1C(=O)[C@]2(Oc3ccccc3[C@@H]3CC(c4ccc(C)cc4)=NN32)c2ccccc21. The molecule has 3 heterocycles. The number of anilines is 1. The Morgan fingerprint density at radius 1 is 1.09 bits per heavy atom. The van der Waals surface area contributed by atoms with Crippen molar-refractivity contribution in [2.45, 2.75) is 25.1 Å². The van der Waals surface area contributed by atoms with Gasteiger partial charge in [-0.1, -0.05) is 72.3 Å². The van der Waals surface area contributed by atoms with Crippen LogP contribution in [0.1, 0.15) is 34.7 Å². The van der Waals surface area contributed by atoms with Gasteiger partial charge in [-0.05, 0) is 24.6 Å². The van der Waals surface area contributed by atoms with E-state index in [1.165, 1.54) is 5.56 Å². The molecule has 0 N–H and O–H groups in total. The van der Waals surface area contributed by atoms with Gasteiger partial charge in [0.25, 0.3) is 5.91 Å². The van der Waals surface area contributed by atoms with Gasteiger partial charge in [0.2, 0.25) is 0 Å². The van der Waals surface area contributed by atoms with E-state index in [0.717, 1.165) is 33.8 Å². The van der Waals surface area contributed by atoms with E-state index < -0.39 is 5.72 Å². The molecule has 0 radical (unpaired) electrons. The van der Waals surface area contributed by atoms with E-state index in [4.69, 9.17) is 9.84 Å². The molecule has 2 atom stereocenters. The minimum atomic E-state index is -1.33. The smallest absolute Gasteiger partial charge is 0.306 e. The Balaban J connectivity index is 1.57. The highest BCUT2D eigenvalue weighted by Gasteiger charge is 2.62. The average Bonchev–Trinajstić information content (AvgIpc) is 3.36. The molecule has 3 aliphatic heterocycles. The van der Waals surface area contributed by atoms with E-state index in [1.807, 2.05) is 47.5 Å². The van der Waals surface area contributed by atoms with Crippen molar-refractivity contribution in [1.29, 1.82) is 0 Å². The summed E-state index contributed by atoms with van der Waals surface area (Å²) in [7, 11) is 0. The summed E-state index contributed by atoms with van der Waals surface area (Å²) in [6, 6.07) is 24.1. The number of carbonyl (C=O) groups excluding carboxylic acids is 1. The lowest BCUT2D eigenvalue weighted by molar-refractivity contribution is -0.163. The molecule has 0 saturated carbocycles. The zero-order valence-electron chi connectivity index (χ0n) is 17.9. The maximum atomic E-state index is 14.0. The molecule has 3 aromatic carbocycles. The van der Waals surface area contributed by atoms with Crippen LogP contribution in [0, 0.1) is 6.92 Å². The third kappa shape index (κ3) is 2.45. The van der Waals surface area contributed by atoms with Crippen LogP contribution in [0.15, 0.2) is 90.6 Å². The first kappa shape index (κ1) is 18.9. The van der Waals surface area contributed by atoms with Gasteiger partial charge in [-0.15, -0.1) is 6.58 Å². The number of fused-ring (bicyclic) bond motifs is 6. The third-order valence-corrected chi connectivity index (χ3v) is 6.56. The van der Waals surface area contributed by atoms with Crippen LogP contribution in [-0.4, -0.2) is 23.2 Å². The fourth-order valence-corrected chi connectivity index (χ4v) is 5.05. The molecule has 0 bridgehead atoms.